The topological polar surface area (TPSA) is 119 Å². The maximum absolute atomic E-state index is 13.0. The second kappa shape index (κ2) is 14.2. The number of imidazole rings is 1. The zero-order valence-corrected chi connectivity index (χ0v) is 24.5. The zero-order valence-electron chi connectivity index (χ0n) is 22.8. The number of thioether (sulfide) groups is 1. The molecule has 2 amide bonds. The van der Waals surface area contributed by atoms with Crippen molar-refractivity contribution in [1.29, 1.82) is 0 Å². The Labute approximate surface area is 234 Å². The molecule has 11 heteroatoms. The third-order valence-corrected chi connectivity index (χ3v) is 8.15. The number of amides is 2. The number of hydrogen-bond donors (Lipinski definition) is 2. The minimum atomic E-state index is -4.08. The van der Waals surface area contributed by atoms with E-state index in [4.69, 9.17) is 4.74 Å². The molecule has 0 radical (unpaired) electrons. The number of esters is 1. The SMILES string of the molecule is CCCCc1nc(C(=O)OCC)c(SC)n1Cc1ccc(-c2ccccc2S(=O)(=O)NC(=O)NCCC)cc1. The summed E-state index contributed by atoms with van der Waals surface area (Å²) in [6.45, 7) is 6.92. The molecule has 3 rings (SSSR count). The number of hydrogen-bond acceptors (Lipinski definition) is 7. The van der Waals surface area contributed by atoms with Crippen LogP contribution in [0.2, 0.25) is 0 Å². The Hall–Kier alpha value is -3.31. The summed E-state index contributed by atoms with van der Waals surface area (Å²) < 4.78 is 35.3. The molecule has 3 aromatic rings. The maximum atomic E-state index is 13.0. The Morgan fingerprint density at radius 2 is 1.74 bits per heavy atom. The first-order valence-electron chi connectivity index (χ1n) is 13.0. The van der Waals surface area contributed by atoms with Crippen LogP contribution in [-0.4, -0.2) is 49.4 Å². The molecular weight excluding hydrogens is 536 g/mol. The monoisotopic (exact) mass is 572 g/mol. The van der Waals surface area contributed by atoms with Crippen molar-refractivity contribution < 1.29 is 22.7 Å². The molecule has 0 spiro atoms. The number of unbranched alkanes of at least 4 members (excludes halogenated alkanes) is 1. The summed E-state index contributed by atoms with van der Waals surface area (Å²) in [6, 6.07) is 13.4. The standard InChI is InChI=1S/C28H36N4O5S2/c1-5-8-13-24-30-25(27(33)37-7-3)26(38-4)32(24)19-20-14-16-21(17-15-20)22-11-9-10-12-23(22)39(35,36)31-28(34)29-18-6-2/h9-12,14-17H,5-8,13,18-19H2,1-4H3,(H2,29,31,34). The van der Waals surface area contributed by atoms with E-state index >= 15 is 0 Å². The quantitative estimate of drug-likeness (QED) is 0.212. The molecule has 0 aliphatic heterocycles. The molecule has 0 atom stereocenters. The summed E-state index contributed by atoms with van der Waals surface area (Å²) in [6.07, 6.45) is 5.30. The smallest absolute Gasteiger partial charge is 0.359 e. The predicted molar refractivity (Wildman–Crippen MR) is 154 cm³/mol. The third kappa shape index (κ3) is 7.63. The third-order valence-electron chi connectivity index (χ3n) is 5.96. The molecule has 0 saturated carbocycles. The van der Waals surface area contributed by atoms with Crippen molar-refractivity contribution in [2.75, 3.05) is 19.4 Å². The van der Waals surface area contributed by atoms with E-state index < -0.39 is 22.0 Å². The summed E-state index contributed by atoms with van der Waals surface area (Å²) in [4.78, 5) is 29.3. The lowest BCUT2D eigenvalue weighted by Crippen LogP contribution is -2.39. The highest BCUT2D eigenvalue weighted by Crippen LogP contribution is 2.29. The van der Waals surface area contributed by atoms with Crippen LogP contribution in [0.25, 0.3) is 11.1 Å². The number of nitrogens with zero attached hydrogens (tertiary/aromatic N) is 2. The van der Waals surface area contributed by atoms with Crippen molar-refractivity contribution in [1.82, 2.24) is 19.6 Å². The van der Waals surface area contributed by atoms with Gasteiger partial charge >= 0.3 is 12.0 Å². The van der Waals surface area contributed by atoms with E-state index in [0.29, 0.717) is 36.3 Å². The highest BCUT2D eigenvalue weighted by Gasteiger charge is 2.24. The summed E-state index contributed by atoms with van der Waals surface area (Å²) in [7, 11) is -4.08. The number of aromatic nitrogens is 2. The average molecular weight is 573 g/mol. The van der Waals surface area contributed by atoms with Crippen molar-refractivity contribution in [2.24, 2.45) is 0 Å². The van der Waals surface area contributed by atoms with Gasteiger partial charge in [-0.15, -0.1) is 11.8 Å². The Morgan fingerprint density at radius 3 is 2.38 bits per heavy atom. The van der Waals surface area contributed by atoms with Crippen LogP contribution in [0, 0.1) is 0 Å². The Kier molecular flexibility index (Phi) is 11.0. The summed E-state index contributed by atoms with van der Waals surface area (Å²) in [5.41, 5.74) is 2.49. The normalized spacial score (nSPS) is 11.3. The first-order valence-corrected chi connectivity index (χ1v) is 15.8. The fourth-order valence-electron chi connectivity index (χ4n) is 4.07. The first kappa shape index (κ1) is 30.2. The lowest BCUT2D eigenvalue weighted by atomic mass is 10.0. The lowest BCUT2D eigenvalue weighted by molar-refractivity contribution is 0.0515. The van der Waals surface area contributed by atoms with Gasteiger partial charge < -0.3 is 14.6 Å². The van der Waals surface area contributed by atoms with Crippen LogP contribution in [-0.2, 0) is 27.7 Å². The van der Waals surface area contributed by atoms with Gasteiger partial charge in [0.1, 0.15) is 10.9 Å². The van der Waals surface area contributed by atoms with E-state index in [2.05, 4.69) is 26.5 Å². The van der Waals surface area contributed by atoms with Gasteiger partial charge in [0.05, 0.1) is 11.5 Å². The number of carbonyl (C=O) groups excluding carboxylic acids is 2. The Balaban J connectivity index is 1.91. The first-order chi connectivity index (χ1) is 18.7. The van der Waals surface area contributed by atoms with Crippen LogP contribution in [0.15, 0.2) is 58.5 Å². The number of benzene rings is 2. The van der Waals surface area contributed by atoms with E-state index in [1.165, 1.54) is 17.8 Å². The number of ether oxygens (including phenoxy) is 1. The molecule has 210 valence electrons. The molecule has 0 aliphatic rings. The maximum Gasteiger partial charge on any atom is 0.359 e. The molecule has 1 aromatic heterocycles. The molecule has 0 aliphatic carbocycles. The molecule has 2 aromatic carbocycles. The minimum Gasteiger partial charge on any atom is -0.461 e. The summed E-state index contributed by atoms with van der Waals surface area (Å²) in [5, 5.41) is 3.28. The van der Waals surface area contributed by atoms with Gasteiger partial charge in [0.15, 0.2) is 5.69 Å². The average Bonchev–Trinajstić information content (AvgIpc) is 3.28. The van der Waals surface area contributed by atoms with Crippen molar-refractivity contribution in [3.05, 3.63) is 65.6 Å². The van der Waals surface area contributed by atoms with Gasteiger partial charge in [-0.25, -0.2) is 27.7 Å². The minimum absolute atomic E-state index is 0.0182. The Morgan fingerprint density at radius 1 is 1.03 bits per heavy atom. The van der Waals surface area contributed by atoms with Crippen molar-refractivity contribution in [3.8, 4) is 11.1 Å². The van der Waals surface area contributed by atoms with Crippen molar-refractivity contribution >= 4 is 33.8 Å². The Bertz CT molecular complexity index is 1390. The molecular formula is C28H36N4O5S2. The largest absolute Gasteiger partial charge is 0.461 e. The predicted octanol–water partition coefficient (Wildman–Crippen LogP) is 5.24. The van der Waals surface area contributed by atoms with E-state index in [1.54, 1.807) is 25.1 Å². The molecule has 0 bridgehead atoms. The van der Waals surface area contributed by atoms with Crippen LogP contribution < -0.4 is 10.0 Å². The van der Waals surface area contributed by atoms with Gasteiger partial charge in [0, 0.05) is 25.1 Å². The van der Waals surface area contributed by atoms with Gasteiger partial charge in [0.25, 0.3) is 10.0 Å². The van der Waals surface area contributed by atoms with E-state index in [1.807, 2.05) is 37.4 Å². The van der Waals surface area contributed by atoms with Crippen molar-refractivity contribution in [3.63, 3.8) is 0 Å². The number of nitrogens with one attached hydrogen (secondary N) is 2. The van der Waals surface area contributed by atoms with Gasteiger partial charge in [-0.2, -0.15) is 0 Å². The van der Waals surface area contributed by atoms with E-state index in [9.17, 15) is 18.0 Å². The molecule has 9 nitrogen and oxygen atoms in total. The second-order valence-electron chi connectivity index (χ2n) is 8.85. The van der Waals surface area contributed by atoms with Crippen LogP contribution in [0.1, 0.15) is 61.9 Å². The number of sulfonamides is 1. The van der Waals surface area contributed by atoms with Gasteiger partial charge in [-0.3, -0.25) is 0 Å². The fraction of sp³-hybridized carbons (Fsp3) is 0.393. The summed E-state index contributed by atoms with van der Waals surface area (Å²) in [5.74, 6) is 0.403. The number of carbonyl (C=O) groups is 2. The van der Waals surface area contributed by atoms with Gasteiger partial charge in [-0.05, 0) is 43.2 Å². The van der Waals surface area contributed by atoms with Crippen molar-refractivity contribution in [2.45, 2.75) is 62.9 Å². The van der Waals surface area contributed by atoms with Crippen LogP contribution >= 0.6 is 11.8 Å². The van der Waals surface area contributed by atoms with Gasteiger partial charge in [0.2, 0.25) is 0 Å². The molecule has 39 heavy (non-hydrogen) atoms. The lowest BCUT2D eigenvalue weighted by Gasteiger charge is -2.14. The van der Waals surface area contributed by atoms with E-state index in [-0.39, 0.29) is 11.5 Å². The van der Waals surface area contributed by atoms with Crippen LogP contribution in [0.3, 0.4) is 0 Å². The highest BCUT2D eigenvalue weighted by atomic mass is 32.2. The summed E-state index contributed by atoms with van der Waals surface area (Å²) >= 11 is 1.46. The number of aryl methyl sites for hydroxylation is 1. The highest BCUT2D eigenvalue weighted by molar-refractivity contribution is 7.98. The van der Waals surface area contributed by atoms with E-state index in [0.717, 1.165) is 35.7 Å². The molecule has 0 saturated heterocycles. The zero-order chi connectivity index (χ0) is 28.4. The number of urea groups is 1. The number of rotatable bonds is 13. The molecule has 0 unspecified atom stereocenters. The molecule has 2 N–H and O–H groups in total. The van der Waals surface area contributed by atoms with Crippen LogP contribution in [0.4, 0.5) is 4.79 Å². The van der Waals surface area contributed by atoms with Gasteiger partial charge in [-0.1, -0.05) is 62.7 Å². The van der Waals surface area contributed by atoms with Crippen LogP contribution in [0.5, 0.6) is 0 Å². The molecule has 1 heterocycles. The fourth-order valence-corrected chi connectivity index (χ4v) is 5.95. The molecule has 0 fully saturated rings. The second-order valence-corrected chi connectivity index (χ2v) is 11.3.